The number of piperidine rings is 1. The predicted molar refractivity (Wildman–Crippen MR) is 131 cm³/mol. The Morgan fingerprint density at radius 3 is 2.38 bits per heavy atom. The van der Waals surface area contributed by atoms with Crippen molar-refractivity contribution in [3.8, 4) is 0 Å². The van der Waals surface area contributed by atoms with E-state index in [1.54, 1.807) is 4.90 Å². The molecule has 3 heterocycles. The maximum Gasteiger partial charge on any atom is 0.251 e. The molecule has 3 saturated heterocycles. The number of fused-ring (bicyclic) bond motifs is 1. The van der Waals surface area contributed by atoms with Crippen molar-refractivity contribution in [1.82, 2.24) is 15.1 Å². The number of amides is 2. The fraction of sp³-hybridized carbons (Fsp3) is 0.667. The minimum absolute atomic E-state index is 0.0444. The lowest BCUT2D eigenvalue weighted by molar-refractivity contribution is -0.138. The number of nitrogens with zero attached hydrogens (tertiary/aromatic N) is 2. The SMILES string of the molecule is CCN1CCC(c2ccc(C(=O)NC(CC(C)(C)C)C(=O)N3CC[C@H]4OCC(=O)[C@H]43)cc2)CC1. The van der Waals surface area contributed by atoms with E-state index in [0.717, 1.165) is 32.5 Å². The van der Waals surface area contributed by atoms with Crippen LogP contribution in [0.5, 0.6) is 0 Å². The molecule has 34 heavy (non-hydrogen) atoms. The van der Waals surface area contributed by atoms with Crippen molar-refractivity contribution >= 4 is 17.6 Å². The molecule has 0 radical (unpaired) electrons. The van der Waals surface area contributed by atoms with E-state index >= 15 is 0 Å². The summed E-state index contributed by atoms with van der Waals surface area (Å²) in [5.41, 5.74) is 1.67. The first-order valence-corrected chi connectivity index (χ1v) is 12.7. The monoisotopic (exact) mass is 469 g/mol. The van der Waals surface area contributed by atoms with E-state index in [4.69, 9.17) is 4.74 Å². The van der Waals surface area contributed by atoms with Gasteiger partial charge in [0.1, 0.15) is 18.7 Å². The Balaban J connectivity index is 1.43. The molecule has 1 unspecified atom stereocenters. The smallest absolute Gasteiger partial charge is 0.251 e. The van der Waals surface area contributed by atoms with E-state index in [1.165, 1.54) is 5.56 Å². The van der Waals surface area contributed by atoms with Crippen LogP contribution in [0.2, 0.25) is 0 Å². The van der Waals surface area contributed by atoms with Gasteiger partial charge in [-0.1, -0.05) is 39.8 Å². The topological polar surface area (TPSA) is 79.0 Å². The predicted octanol–water partition coefficient (Wildman–Crippen LogP) is 2.99. The first-order valence-electron chi connectivity index (χ1n) is 12.7. The highest BCUT2D eigenvalue weighted by Gasteiger charge is 2.48. The molecule has 7 nitrogen and oxygen atoms in total. The van der Waals surface area contributed by atoms with Gasteiger partial charge < -0.3 is 19.9 Å². The van der Waals surface area contributed by atoms with E-state index in [9.17, 15) is 14.4 Å². The van der Waals surface area contributed by atoms with Crippen LogP contribution in [0, 0.1) is 5.41 Å². The van der Waals surface area contributed by atoms with Gasteiger partial charge in [0.05, 0.1) is 6.10 Å². The number of carbonyl (C=O) groups is 3. The van der Waals surface area contributed by atoms with Gasteiger partial charge in [-0.2, -0.15) is 0 Å². The van der Waals surface area contributed by atoms with Crippen LogP contribution in [0.3, 0.4) is 0 Å². The second-order valence-corrected chi connectivity index (χ2v) is 11.2. The lowest BCUT2D eigenvalue weighted by Gasteiger charge is -2.31. The molecule has 3 fully saturated rings. The molecule has 4 rings (SSSR count). The Labute approximate surface area is 203 Å². The maximum atomic E-state index is 13.5. The summed E-state index contributed by atoms with van der Waals surface area (Å²) in [6.45, 7) is 12.2. The van der Waals surface area contributed by atoms with Crippen LogP contribution in [0.1, 0.15) is 75.2 Å². The van der Waals surface area contributed by atoms with Crippen LogP contribution in [-0.4, -0.2) is 78.4 Å². The van der Waals surface area contributed by atoms with Gasteiger partial charge in [0.2, 0.25) is 5.91 Å². The second-order valence-electron chi connectivity index (χ2n) is 11.2. The molecule has 1 aromatic carbocycles. The van der Waals surface area contributed by atoms with Crippen molar-refractivity contribution in [3.05, 3.63) is 35.4 Å². The Kier molecular flexibility index (Phi) is 7.43. The number of Topliss-reactive ketones (excluding diaryl/α,β-unsaturated/α-hetero) is 1. The highest BCUT2D eigenvalue weighted by molar-refractivity contribution is 5.99. The van der Waals surface area contributed by atoms with Gasteiger partial charge in [0, 0.05) is 12.1 Å². The van der Waals surface area contributed by atoms with Gasteiger partial charge in [-0.15, -0.1) is 0 Å². The third-order valence-corrected chi connectivity index (χ3v) is 7.49. The first-order chi connectivity index (χ1) is 16.2. The lowest BCUT2D eigenvalue weighted by atomic mass is 9.87. The average molecular weight is 470 g/mol. The Morgan fingerprint density at radius 1 is 1.09 bits per heavy atom. The molecule has 7 heteroatoms. The quantitative estimate of drug-likeness (QED) is 0.693. The largest absolute Gasteiger partial charge is 0.368 e. The van der Waals surface area contributed by atoms with Crippen LogP contribution in [-0.2, 0) is 14.3 Å². The normalized spacial score (nSPS) is 24.8. The molecule has 1 N–H and O–H groups in total. The van der Waals surface area contributed by atoms with Crippen LogP contribution < -0.4 is 5.32 Å². The number of hydrogen-bond donors (Lipinski definition) is 1. The van der Waals surface area contributed by atoms with Gasteiger partial charge in [0.15, 0.2) is 5.78 Å². The van der Waals surface area contributed by atoms with Gasteiger partial charge >= 0.3 is 0 Å². The van der Waals surface area contributed by atoms with Gasteiger partial charge in [-0.05, 0) is 74.3 Å². The summed E-state index contributed by atoms with van der Waals surface area (Å²) in [4.78, 5) is 43.0. The third-order valence-electron chi connectivity index (χ3n) is 7.49. The fourth-order valence-corrected chi connectivity index (χ4v) is 5.58. The number of carbonyl (C=O) groups excluding carboxylic acids is 3. The molecule has 3 aliphatic rings. The van der Waals surface area contributed by atoms with Crippen molar-refractivity contribution in [2.75, 3.05) is 32.8 Å². The second kappa shape index (κ2) is 10.2. The zero-order valence-corrected chi connectivity index (χ0v) is 21.0. The number of ether oxygens (including phenoxy) is 1. The summed E-state index contributed by atoms with van der Waals surface area (Å²) in [7, 11) is 0. The minimum atomic E-state index is -0.683. The van der Waals surface area contributed by atoms with Crippen molar-refractivity contribution in [2.45, 2.75) is 77.5 Å². The van der Waals surface area contributed by atoms with Crippen LogP contribution >= 0.6 is 0 Å². The van der Waals surface area contributed by atoms with Crippen molar-refractivity contribution in [1.29, 1.82) is 0 Å². The third kappa shape index (κ3) is 5.52. The lowest BCUT2D eigenvalue weighted by Crippen LogP contribution is -2.53. The number of ketones is 1. The standard InChI is InChI=1S/C27H39N3O4/c1-5-29-13-10-19(11-14-29)18-6-8-20(9-7-18)25(32)28-21(16-27(2,3)4)26(33)30-15-12-23-24(30)22(31)17-34-23/h6-9,19,21,23-24H,5,10-17H2,1-4H3,(H,28,32)/t21?,23-,24-/m1/s1. The van der Waals surface area contributed by atoms with E-state index in [1.807, 2.05) is 12.1 Å². The Hall–Kier alpha value is -2.25. The summed E-state index contributed by atoms with van der Waals surface area (Å²) in [5.74, 6) is 0.0510. The summed E-state index contributed by atoms with van der Waals surface area (Å²) in [6, 6.07) is 6.66. The molecule has 1 aromatic rings. The van der Waals surface area contributed by atoms with Crippen LogP contribution in [0.15, 0.2) is 24.3 Å². The van der Waals surface area contributed by atoms with Crippen LogP contribution in [0.25, 0.3) is 0 Å². The van der Waals surface area contributed by atoms with Crippen molar-refractivity contribution in [3.63, 3.8) is 0 Å². The molecule has 0 aromatic heterocycles. The van der Waals surface area contributed by atoms with E-state index in [2.05, 4.69) is 50.0 Å². The van der Waals surface area contributed by atoms with Gasteiger partial charge in [-0.25, -0.2) is 0 Å². The minimum Gasteiger partial charge on any atom is -0.368 e. The number of likely N-dealkylation sites (tertiary alicyclic amines) is 2. The zero-order valence-electron chi connectivity index (χ0n) is 21.0. The molecule has 0 bridgehead atoms. The molecular weight excluding hydrogens is 430 g/mol. The molecule has 0 saturated carbocycles. The molecular formula is C27H39N3O4. The molecule has 186 valence electrons. The molecule has 0 spiro atoms. The number of benzene rings is 1. The molecule has 0 aliphatic carbocycles. The Morgan fingerprint density at radius 2 is 1.76 bits per heavy atom. The maximum absolute atomic E-state index is 13.5. The van der Waals surface area contributed by atoms with Crippen LogP contribution in [0.4, 0.5) is 0 Å². The summed E-state index contributed by atoms with van der Waals surface area (Å²) in [5, 5.41) is 2.98. The van der Waals surface area contributed by atoms with Gasteiger partial charge in [-0.3, -0.25) is 14.4 Å². The number of hydrogen-bond acceptors (Lipinski definition) is 5. The molecule has 2 amide bonds. The van der Waals surface area contributed by atoms with Crippen molar-refractivity contribution in [2.24, 2.45) is 5.41 Å². The number of nitrogens with one attached hydrogen (secondary N) is 1. The summed E-state index contributed by atoms with van der Waals surface area (Å²) < 4.78 is 5.54. The summed E-state index contributed by atoms with van der Waals surface area (Å²) in [6.07, 6.45) is 3.23. The molecule has 3 aliphatic heterocycles. The number of rotatable bonds is 6. The highest BCUT2D eigenvalue weighted by Crippen LogP contribution is 2.30. The zero-order chi connectivity index (χ0) is 24.5. The molecule has 3 atom stereocenters. The van der Waals surface area contributed by atoms with E-state index < -0.39 is 12.1 Å². The highest BCUT2D eigenvalue weighted by atomic mass is 16.5. The fourth-order valence-electron chi connectivity index (χ4n) is 5.58. The summed E-state index contributed by atoms with van der Waals surface area (Å²) >= 11 is 0. The Bertz CT molecular complexity index is 899. The first kappa shape index (κ1) is 24.9. The van der Waals surface area contributed by atoms with E-state index in [-0.39, 0.29) is 35.7 Å². The van der Waals surface area contributed by atoms with E-state index in [0.29, 0.717) is 30.9 Å². The average Bonchev–Trinajstić information content (AvgIpc) is 3.40. The van der Waals surface area contributed by atoms with Crippen molar-refractivity contribution < 1.29 is 19.1 Å². The van der Waals surface area contributed by atoms with Gasteiger partial charge in [0.25, 0.3) is 5.91 Å².